The highest BCUT2D eigenvalue weighted by atomic mass is 19.1. The molecule has 0 aliphatic rings. The summed E-state index contributed by atoms with van der Waals surface area (Å²) < 4.78 is 19.1. The summed E-state index contributed by atoms with van der Waals surface area (Å²) in [6.07, 6.45) is 0. The molecule has 2 heteroatoms. The molecule has 0 aliphatic heterocycles. The number of hydrogen-bond acceptors (Lipinski definition) is 1. The molecule has 20 heavy (non-hydrogen) atoms. The molecule has 0 atom stereocenters. The van der Waals surface area contributed by atoms with Gasteiger partial charge in [-0.05, 0) is 60.2 Å². The van der Waals surface area contributed by atoms with Crippen molar-refractivity contribution in [1.82, 2.24) is 0 Å². The van der Waals surface area contributed by atoms with Crippen molar-refractivity contribution in [3.63, 3.8) is 0 Å². The van der Waals surface area contributed by atoms with E-state index in [9.17, 15) is 4.39 Å². The maximum Gasteiger partial charge on any atom is 0.123 e. The Labute approximate surface area is 120 Å². The lowest BCUT2D eigenvalue weighted by molar-refractivity contribution is 0.302. The van der Waals surface area contributed by atoms with Crippen molar-refractivity contribution in [3.8, 4) is 5.75 Å². The van der Waals surface area contributed by atoms with Crippen molar-refractivity contribution in [1.29, 1.82) is 0 Å². The molecule has 0 unspecified atom stereocenters. The Hall–Kier alpha value is -1.83. The topological polar surface area (TPSA) is 9.23 Å². The third-order valence-electron chi connectivity index (χ3n) is 3.57. The minimum Gasteiger partial charge on any atom is -0.489 e. The van der Waals surface area contributed by atoms with E-state index in [0.29, 0.717) is 12.5 Å². The maximum atomic E-state index is 13.3. The summed E-state index contributed by atoms with van der Waals surface area (Å²) in [5.74, 6) is 1.12. The first kappa shape index (κ1) is 14.6. The lowest BCUT2D eigenvalue weighted by Gasteiger charge is -2.14. The number of rotatable bonds is 4. The van der Waals surface area contributed by atoms with E-state index in [0.717, 1.165) is 22.4 Å². The monoisotopic (exact) mass is 272 g/mol. The highest BCUT2D eigenvalue weighted by Gasteiger charge is 2.07. The largest absolute Gasteiger partial charge is 0.489 e. The van der Waals surface area contributed by atoms with E-state index in [1.165, 1.54) is 17.7 Å². The summed E-state index contributed by atoms with van der Waals surface area (Å²) >= 11 is 0. The number of hydrogen-bond donors (Lipinski definition) is 0. The Kier molecular flexibility index (Phi) is 4.43. The molecule has 2 rings (SSSR count). The molecule has 0 radical (unpaired) electrons. The molecule has 2 aromatic carbocycles. The highest BCUT2D eigenvalue weighted by molar-refractivity contribution is 5.38. The Balaban J connectivity index is 2.18. The molecule has 0 saturated heterocycles. The third kappa shape index (κ3) is 3.38. The number of ether oxygens (including phenoxy) is 1. The predicted molar refractivity (Wildman–Crippen MR) is 80.7 cm³/mol. The number of benzene rings is 2. The molecule has 1 nitrogen and oxygen atoms in total. The van der Waals surface area contributed by atoms with Crippen LogP contribution in [0.25, 0.3) is 0 Å². The molecule has 0 aliphatic carbocycles. The van der Waals surface area contributed by atoms with Crippen LogP contribution in [0.3, 0.4) is 0 Å². The van der Waals surface area contributed by atoms with Crippen LogP contribution in [0, 0.1) is 19.7 Å². The molecule has 0 spiro atoms. The zero-order chi connectivity index (χ0) is 14.7. The molecule has 2 aromatic rings. The fourth-order valence-corrected chi connectivity index (χ4v) is 2.08. The van der Waals surface area contributed by atoms with Crippen LogP contribution in [-0.2, 0) is 6.61 Å². The Morgan fingerprint density at radius 3 is 2.40 bits per heavy atom. The molecule has 0 saturated carbocycles. The lowest BCUT2D eigenvalue weighted by atomic mass is 10.0. The van der Waals surface area contributed by atoms with Crippen LogP contribution in [-0.4, -0.2) is 0 Å². The van der Waals surface area contributed by atoms with E-state index in [4.69, 9.17) is 4.74 Å². The summed E-state index contributed by atoms with van der Waals surface area (Å²) in [5.41, 5.74) is 4.29. The zero-order valence-electron chi connectivity index (χ0n) is 12.5. The Morgan fingerprint density at radius 1 is 1.00 bits per heavy atom. The van der Waals surface area contributed by atoms with Crippen molar-refractivity contribution in [2.24, 2.45) is 0 Å². The molecule has 0 N–H and O–H groups in total. The van der Waals surface area contributed by atoms with E-state index in [2.05, 4.69) is 32.0 Å². The SMILES string of the molecule is Cc1ccc(F)cc1COc1cc(C(C)C)ccc1C. The van der Waals surface area contributed by atoms with E-state index >= 15 is 0 Å². The van der Waals surface area contributed by atoms with E-state index < -0.39 is 0 Å². The van der Waals surface area contributed by atoms with Crippen LogP contribution in [0.5, 0.6) is 5.75 Å². The smallest absolute Gasteiger partial charge is 0.123 e. The fraction of sp³-hybridized carbons (Fsp3) is 0.333. The van der Waals surface area contributed by atoms with Crippen LogP contribution in [0.1, 0.15) is 42.0 Å². The minimum absolute atomic E-state index is 0.221. The van der Waals surface area contributed by atoms with Crippen molar-refractivity contribution >= 4 is 0 Å². The van der Waals surface area contributed by atoms with Gasteiger partial charge in [0.05, 0.1) is 0 Å². The summed E-state index contributed by atoms with van der Waals surface area (Å²) in [4.78, 5) is 0. The fourth-order valence-electron chi connectivity index (χ4n) is 2.08. The van der Waals surface area contributed by atoms with Gasteiger partial charge in [0, 0.05) is 0 Å². The Morgan fingerprint density at radius 2 is 1.70 bits per heavy atom. The average molecular weight is 272 g/mol. The van der Waals surface area contributed by atoms with E-state index in [1.807, 2.05) is 13.8 Å². The van der Waals surface area contributed by atoms with Gasteiger partial charge >= 0.3 is 0 Å². The van der Waals surface area contributed by atoms with Crippen LogP contribution in [0.15, 0.2) is 36.4 Å². The van der Waals surface area contributed by atoms with Crippen LogP contribution in [0.4, 0.5) is 4.39 Å². The van der Waals surface area contributed by atoms with E-state index in [-0.39, 0.29) is 5.82 Å². The molecule has 0 aromatic heterocycles. The van der Waals surface area contributed by atoms with Gasteiger partial charge in [0.15, 0.2) is 0 Å². The van der Waals surface area contributed by atoms with Gasteiger partial charge in [-0.1, -0.05) is 32.0 Å². The number of aryl methyl sites for hydroxylation is 2. The quantitative estimate of drug-likeness (QED) is 0.748. The second-order valence-corrected chi connectivity index (χ2v) is 5.54. The standard InChI is InChI=1S/C18H21FO/c1-12(2)15-7-5-14(4)18(10-15)20-11-16-9-17(19)8-6-13(16)3/h5-10,12H,11H2,1-4H3. The summed E-state index contributed by atoms with van der Waals surface area (Å²) in [6, 6.07) is 11.1. The molecule has 0 heterocycles. The molecule has 0 amide bonds. The van der Waals surface area contributed by atoms with Crippen LogP contribution < -0.4 is 4.74 Å². The molecule has 106 valence electrons. The second-order valence-electron chi connectivity index (χ2n) is 5.54. The van der Waals surface area contributed by atoms with Crippen LogP contribution in [0.2, 0.25) is 0 Å². The summed E-state index contributed by atoms with van der Waals surface area (Å²) in [6.45, 7) is 8.70. The van der Waals surface area contributed by atoms with Gasteiger partial charge in [0.2, 0.25) is 0 Å². The average Bonchev–Trinajstić information content (AvgIpc) is 2.41. The molecule has 0 fully saturated rings. The highest BCUT2D eigenvalue weighted by Crippen LogP contribution is 2.25. The van der Waals surface area contributed by atoms with E-state index in [1.54, 1.807) is 6.07 Å². The summed E-state index contributed by atoms with van der Waals surface area (Å²) in [5, 5.41) is 0. The van der Waals surface area contributed by atoms with Gasteiger partial charge < -0.3 is 4.74 Å². The van der Waals surface area contributed by atoms with Gasteiger partial charge in [-0.25, -0.2) is 4.39 Å². The Bertz CT molecular complexity index is 602. The van der Waals surface area contributed by atoms with Gasteiger partial charge in [0.1, 0.15) is 18.2 Å². The molecular formula is C18H21FO. The second kappa shape index (κ2) is 6.08. The predicted octanol–water partition coefficient (Wildman–Crippen LogP) is 5.14. The minimum atomic E-state index is -0.221. The first-order chi connectivity index (χ1) is 9.47. The van der Waals surface area contributed by atoms with Crippen LogP contribution >= 0.6 is 0 Å². The third-order valence-corrected chi connectivity index (χ3v) is 3.57. The van der Waals surface area contributed by atoms with Gasteiger partial charge in [-0.2, -0.15) is 0 Å². The van der Waals surface area contributed by atoms with Crippen molar-refractivity contribution < 1.29 is 9.13 Å². The zero-order valence-corrected chi connectivity index (χ0v) is 12.5. The van der Waals surface area contributed by atoms with Gasteiger partial charge in [0.25, 0.3) is 0 Å². The molecule has 0 bridgehead atoms. The van der Waals surface area contributed by atoms with Gasteiger partial charge in [-0.15, -0.1) is 0 Å². The molecular weight excluding hydrogens is 251 g/mol. The normalized spacial score (nSPS) is 10.9. The first-order valence-corrected chi connectivity index (χ1v) is 6.95. The lowest BCUT2D eigenvalue weighted by Crippen LogP contribution is -2.01. The van der Waals surface area contributed by atoms with Gasteiger partial charge in [-0.3, -0.25) is 0 Å². The number of halogens is 1. The maximum absolute atomic E-state index is 13.3. The van der Waals surface area contributed by atoms with Crippen molar-refractivity contribution in [2.75, 3.05) is 0 Å². The van der Waals surface area contributed by atoms with Crippen molar-refractivity contribution in [3.05, 3.63) is 64.5 Å². The first-order valence-electron chi connectivity index (χ1n) is 6.95. The van der Waals surface area contributed by atoms with Crippen molar-refractivity contribution in [2.45, 2.75) is 40.2 Å². The summed E-state index contributed by atoms with van der Waals surface area (Å²) in [7, 11) is 0.